The van der Waals surface area contributed by atoms with E-state index in [1.807, 2.05) is 64.1 Å². The lowest BCUT2D eigenvalue weighted by molar-refractivity contribution is -0.140. The maximum Gasteiger partial charge on any atom is 0.264 e. The van der Waals surface area contributed by atoms with Gasteiger partial charge in [-0.15, -0.1) is 0 Å². The van der Waals surface area contributed by atoms with E-state index in [9.17, 15) is 18.0 Å². The van der Waals surface area contributed by atoms with Crippen molar-refractivity contribution >= 4 is 43.5 Å². The number of amides is 2. The Morgan fingerprint density at radius 1 is 0.897 bits per heavy atom. The fourth-order valence-electron chi connectivity index (χ4n) is 3.99. The SMILES string of the molecule is CCc1ccc(N(CC(=O)N(Cc2ccc(Br)cc2)[C@@H](C)C(=O)NC(C)(C)C)S(=O)(=O)c2ccccc2)cc1. The van der Waals surface area contributed by atoms with Crippen LogP contribution in [0.15, 0.2) is 88.2 Å². The van der Waals surface area contributed by atoms with Gasteiger partial charge in [-0.05, 0) is 81.6 Å². The van der Waals surface area contributed by atoms with Gasteiger partial charge in [0.15, 0.2) is 0 Å². The Morgan fingerprint density at radius 2 is 1.46 bits per heavy atom. The van der Waals surface area contributed by atoms with Gasteiger partial charge in [-0.25, -0.2) is 8.42 Å². The zero-order valence-corrected chi connectivity index (χ0v) is 25.4. The zero-order valence-electron chi connectivity index (χ0n) is 23.0. The van der Waals surface area contributed by atoms with Crippen molar-refractivity contribution in [2.75, 3.05) is 10.8 Å². The highest BCUT2D eigenvalue weighted by Gasteiger charge is 2.33. The van der Waals surface area contributed by atoms with E-state index in [4.69, 9.17) is 0 Å². The molecule has 3 rings (SSSR count). The molecule has 39 heavy (non-hydrogen) atoms. The Bertz CT molecular complexity index is 1370. The number of hydrogen-bond acceptors (Lipinski definition) is 4. The van der Waals surface area contributed by atoms with Gasteiger partial charge in [0.1, 0.15) is 12.6 Å². The van der Waals surface area contributed by atoms with Crippen molar-refractivity contribution in [1.82, 2.24) is 10.2 Å². The molecule has 208 valence electrons. The van der Waals surface area contributed by atoms with E-state index in [1.165, 1.54) is 17.0 Å². The molecule has 0 aromatic heterocycles. The van der Waals surface area contributed by atoms with Gasteiger partial charge in [-0.2, -0.15) is 0 Å². The summed E-state index contributed by atoms with van der Waals surface area (Å²) in [4.78, 5) is 28.6. The summed E-state index contributed by atoms with van der Waals surface area (Å²) in [7, 11) is -4.08. The van der Waals surface area contributed by atoms with Crippen molar-refractivity contribution in [2.24, 2.45) is 0 Å². The van der Waals surface area contributed by atoms with E-state index >= 15 is 0 Å². The molecule has 0 unspecified atom stereocenters. The summed E-state index contributed by atoms with van der Waals surface area (Å²) < 4.78 is 29.6. The third-order valence-electron chi connectivity index (χ3n) is 6.17. The predicted octanol–water partition coefficient (Wildman–Crippen LogP) is 5.54. The fourth-order valence-corrected chi connectivity index (χ4v) is 5.69. The van der Waals surface area contributed by atoms with Gasteiger partial charge in [-0.1, -0.05) is 65.3 Å². The van der Waals surface area contributed by atoms with Crippen molar-refractivity contribution in [3.63, 3.8) is 0 Å². The van der Waals surface area contributed by atoms with Crippen LogP contribution in [-0.2, 0) is 32.6 Å². The van der Waals surface area contributed by atoms with E-state index < -0.39 is 34.1 Å². The van der Waals surface area contributed by atoms with Gasteiger partial charge in [0.25, 0.3) is 10.0 Å². The number of sulfonamides is 1. The summed E-state index contributed by atoms with van der Waals surface area (Å²) in [6.45, 7) is 8.95. The maximum absolute atomic E-state index is 13.9. The average molecular weight is 615 g/mol. The lowest BCUT2D eigenvalue weighted by Crippen LogP contribution is -2.54. The topological polar surface area (TPSA) is 86.8 Å². The summed E-state index contributed by atoms with van der Waals surface area (Å²) in [5, 5.41) is 2.93. The molecule has 0 saturated heterocycles. The van der Waals surface area contributed by atoms with E-state index in [1.54, 1.807) is 37.3 Å². The molecule has 3 aromatic rings. The highest BCUT2D eigenvalue weighted by molar-refractivity contribution is 9.10. The Hall–Kier alpha value is -3.17. The molecule has 0 saturated carbocycles. The minimum absolute atomic E-state index is 0.0790. The predicted molar refractivity (Wildman–Crippen MR) is 159 cm³/mol. The number of nitrogens with one attached hydrogen (secondary N) is 1. The highest BCUT2D eigenvalue weighted by atomic mass is 79.9. The van der Waals surface area contributed by atoms with Crippen LogP contribution < -0.4 is 9.62 Å². The number of benzene rings is 3. The van der Waals surface area contributed by atoms with Gasteiger partial charge in [0.05, 0.1) is 10.6 Å². The van der Waals surface area contributed by atoms with Crippen LogP contribution in [0.3, 0.4) is 0 Å². The quantitative estimate of drug-likeness (QED) is 0.325. The van der Waals surface area contributed by atoms with E-state index in [0.29, 0.717) is 5.69 Å². The summed E-state index contributed by atoms with van der Waals surface area (Å²) in [6, 6.07) is 21.8. The smallest absolute Gasteiger partial charge is 0.264 e. The van der Waals surface area contributed by atoms with E-state index in [2.05, 4.69) is 21.2 Å². The first kappa shape index (κ1) is 30.4. The molecule has 1 atom stereocenters. The van der Waals surface area contributed by atoms with Crippen LogP contribution in [0.2, 0.25) is 0 Å². The van der Waals surface area contributed by atoms with Crippen molar-refractivity contribution < 1.29 is 18.0 Å². The Balaban J connectivity index is 2.02. The molecule has 0 heterocycles. The summed E-state index contributed by atoms with van der Waals surface area (Å²) in [5.74, 6) is -0.814. The molecule has 0 aliphatic carbocycles. The first-order chi connectivity index (χ1) is 18.3. The lowest BCUT2D eigenvalue weighted by Gasteiger charge is -2.33. The normalized spacial score (nSPS) is 12.5. The van der Waals surface area contributed by atoms with Crippen LogP contribution in [-0.4, -0.2) is 43.3 Å². The third-order valence-corrected chi connectivity index (χ3v) is 8.49. The molecular weight excluding hydrogens is 578 g/mol. The van der Waals surface area contributed by atoms with Gasteiger partial charge >= 0.3 is 0 Å². The highest BCUT2D eigenvalue weighted by Crippen LogP contribution is 2.25. The molecule has 0 radical (unpaired) electrons. The first-order valence-corrected chi connectivity index (χ1v) is 15.1. The van der Waals surface area contributed by atoms with Crippen LogP contribution >= 0.6 is 15.9 Å². The molecule has 0 aliphatic heterocycles. The summed E-state index contributed by atoms with van der Waals surface area (Å²) in [5.41, 5.74) is 1.74. The molecule has 3 aromatic carbocycles. The molecular formula is C30H36BrN3O4S. The molecule has 0 fully saturated rings. The van der Waals surface area contributed by atoms with Crippen LogP contribution in [0.4, 0.5) is 5.69 Å². The molecule has 7 nitrogen and oxygen atoms in total. The number of hydrogen-bond donors (Lipinski definition) is 1. The Labute approximate surface area is 240 Å². The maximum atomic E-state index is 13.9. The average Bonchev–Trinajstić information content (AvgIpc) is 2.90. The molecule has 9 heteroatoms. The Kier molecular flexibility index (Phi) is 9.96. The second-order valence-electron chi connectivity index (χ2n) is 10.4. The van der Waals surface area contributed by atoms with Gasteiger partial charge in [0, 0.05) is 16.6 Å². The van der Waals surface area contributed by atoms with Crippen LogP contribution in [0.1, 0.15) is 45.7 Å². The van der Waals surface area contributed by atoms with Crippen molar-refractivity contribution in [3.05, 3.63) is 94.5 Å². The summed E-state index contributed by atoms with van der Waals surface area (Å²) >= 11 is 3.42. The monoisotopic (exact) mass is 613 g/mol. The summed E-state index contributed by atoms with van der Waals surface area (Å²) in [6.07, 6.45) is 0.798. The first-order valence-electron chi connectivity index (χ1n) is 12.8. The zero-order chi connectivity index (χ0) is 28.8. The Morgan fingerprint density at radius 3 is 2.00 bits per heavy atom. The number of carbonyl (C=O) groups excluding carboxylic acids is 2. The van der Waals surface area contributed by atoms with Gasteiger partial charge in [-0.3, -0.25) is 13.9 Å². The fraction of sp³-hybridized carbons (Fsp3) is 0.333. The van der Waals surface area contributed by atoms with Crippen LogP contribution in [0, 0.1) is 0 Å². The molecule has 2 amide bonds. The molecule has 0 aliphatic rings. The van der Waals surface area contributed by atoms with Gasteiger partial charge < -0.3 is 10.2 Å². The van der Waals surface area contributed by atoms with Crippen LogP contribution in [0.5, 0.6) is 0 Å². The standard InChI is InChI=1S/C30H36BrN3O4S/c1-6-23-14-18-26(19-15-23)34(39(37,38)27-10-8-7-9-11-27)21-28(35)33(20-24-12-16-25(31)17-13-24)22(2)29(36)32-30(3,4)5/h7-19,22H,6,20-21H2,1-5H3,(H,32,36)/t22-/m0/s1. The number of aryl methyl sites for hydroxylation is 1. The van der Waals surface area contributed by atoms with E-state index in [-0.39, 0.29) is 17.3 Å². The third kappa shape index (κ3) is 8.16. The van der Waals surface area contributed by atoms with Crippen LogP contribution in [0.25, 0.3) is 0 Å². The number of nitrogens with zero attached hydrogens (tertiary/aromatic N) is 2. The van der Waals surface area contributed by atoms with Crippen molar-refractivity contribution in [2.45, 2.75) is 64.1 Å². The second kappa shape index (κ2) is 12.8. The number of carbonyl (C=O) groups is 2. The number of rotatable bonds is 10. The molecule has 1 N–H and O–H groups in total. The molecule has 0 spiro atoms. The second-order valence-corrected chi connectivity index (χ2v) is 13.2. The van der Waals surface area contributed by atoms with Gasteiger partial charge in [0.2, 0.25) is 11.8 Å². The number of halogens is 1. The largest absolute Gasteiger partial charge is 0.350 e. The van der Waals surface area contributed by atoms with Crippen molar-refractivity contribution in [1.29, 1.82) is 0 Å². The number of anilines is 1. The molecule has 0 bridgehead atoms. The minimum atomic E-state index is -4.08. The van der Waals surface area contributed by atoms with E-state index in [0.717, 1.165) is 26.3 Å². The minimum Gasteiger partial charge on any atom is -0.350 e. The lowest BCUT2D eigenvalue weighted by atomic mass is 10.1. The van der Waals surface area contributed by atoms with Crippen molar-refractivity contribution in [3.8, 4) is 0 Å².